The number of amides is 6. The fourth-order valence-corrected chi connectivity index (χ4v) is 8.00. The summed E-state index contributed by atoms with van der Waals surface area (Å²) in [5.74, 6) is -4.39. The Labute approximate surface area is 422 Å². The molecule has 26 heteroatoms. The van der Waals surface area contributed by atoms with Gasteiger partial charge in [-0.3, -0.25) is 33.6 Å². The van der Waals surface area contributed by atoms with E-state index >= 15 is 0 Å². The van der Waals surface area contributed by atoms with Crippen LogP contribution >= 0.6 is 0 Å². The number of imide groups is 1. The van der Waals surface area contributed by atoms with Crippen LogP contribution < -0.4 is 21.3 Å². The second-order valence-electron chi connectivity index (χ2n) is 16.3. The molecule has 5 N–H and O–H groups in total. The van der Waals surface area contributed by atoms with Crippen molar-refractivity contribution in [3.8, 4) is 0 Å². The van der Waals surface area contributed by atoms with Crippen LogP contribution in [0, 0.1) is 0 Å². The van der Waals surface area contributed by atoms with Gasteiger partial charge in [0.25, 0.3) is 0 Å². The van der Waals surface area contributed by atoms with Crippen LogP contribution in [0.2, 0.25) is 0 Å². The molecule has 0 aromatic rings. The summed E-state index contributed by atoms with van der Waals surface area (Å²) in [5.41, 5.74) is 0. The summed E-state index contributed by atoms with van der Waals surface area (Å²) in [7, 11) is 2.89. The van der Waals surface area contributed by atoms with Crippen LogP contribution in [0.5, 0.6) is 0 Å². The molecule has 1 rings (SSSR count). The number of ether oxygens (including phenoxy) is 7. The van der Waals surface area contributed by atoms with E-state index in [1.165, 1.54) is 35.0 Å². The Kier molecular flexibility index (Phi) is 35.5. The Morgan fingerprint density at radius 2 is 1.06 bits per heavy atom. The van der Waals surface area contributed by atoms with Gasteiger partial charge in [-0.15, -0.1) is 0 Å². The predicted molar refractivity (Wildman–Crippen MR) is 248 cm³/mol. The third-order valence-corrected chi connectivity index (χ3v) is 13.1. The largest absolute Gasteiger partial charge is 0.372 e. The Bertz CT molecular complexity index is 1710. The molecule has 1 aliphatic heterocycles. The van der Waals surface area contributed by atoms with Crippen LogP contribution in [-0.2, 0) is 89.4 Å². The van der Waals surface area contributed by atoms with Crippen molar-refractivity contribution in [1.29, 1.82) is 0 Å². The van der Waals surface area contributed by atoms with E-state index in [1.54, 1.807) is 0 Å². The van der Waals surface area contributed by atoms with Crippen molar-refractivity contribution in [3.05, 3.63) is 0 Å². The molecule has 6 amide bonds. The van der Waals surface area contributed by atoms with Gasteiger partial charge in [0.2, 0.25) is 23.6 Å². The van der Waals surface area contributed by atoms with Crippen molar-refractivity contribution in [1.82, 2.24) is 24.9 Å². The van der Waals surface area contributed by atoms with Gasteiger partial charge < -0.3 is 54.8 Å². The molecule has 0 aromatic heterocycles. The molecule has 5 atom stereocenters. The van der Waals surface area contributed by atoms with E-state index in [2.05, 4.69) is 21.3 Å². The summed E-state index contributed by atoms with van der Waals surface area (Å²) in [4.78, 5) is 134. The average molecular weight is 1070 g/mol. The maximum absolute atomic E-state index is 12.8. The van der Waals surface area contributed by atoms with Gasteiger partial charge in [-0.2, -0.15) is 0 Å². The molecule has 0 spiro atoms. The molecule has 0 saturated carbocycles. The number of carbonyl (C=O) groups is 11. The third-order valence-electron chi connectivity index (χ3n) is 10.3. The first-order valence-electron chi connectivity index (χ1n) is 23.5. The van der Waals surface area contributed by atoms with Crippen molar-refractivity contribution in [2.24, 2.45) is 0 Å². The van der Waals surface area contributed by atoms with Gasteiger partial charge in [0.1, 0.15) is 42.7 Å². The van der Waals surface area contributed by atoms with E-state index in [-0.39, 0.29) is 185 Å². The van der Waals surface area contributed by atoms with E-state index < -0.39 is 84.2 Å². The normalized spacial score (nSPS) is 17.3. The fraction of sp³-hybridized carbons (Fsp3) is 0.756. The minimum atomic E-state index is -1.81. The number of carboxylic acids is 1. The standard InChI is InChI=1S/C41H67N4O18.C4H7NO2.Ga/c1-28(47)45-38-40(61-25-17-35(53)42-18-10-32(51)13-21-57-2)39(60-24-16-36(54)43-19-11-34(52)44-27-58-3)33(26-59-22-14-30(49)7-4-6-29(48)12-20-46)63-41(38)62-23-15-31(50)8-5-9-37(55)56;1-3(6)5-4(2)7;/h33,38-41H,4-27H2,1-3H3,(H,42,53)(H,43,54)(H,44,52)(H,45,47)(H,55,56);1-2H3,(H,5,6,7);/q-1;;+2/p-1/t33?,38?,39-,40+,41+;;/m0../s1. The Balaban J connectivity index is 3.18. The zero-order valence-corrected chi connectivity index (χ0v) is 44.0. The van der Waals surface area contributed by atoms with Gasteiger partial charge in [-0.05, 0) is 6.42 Å². The molecule has 1 radical (unpaired) electrons. The summed E-state index contributed by atoms with van der Waals surface area (Å²) < 4.78 is 47.0. The first kappa shape index (κ1) is 64.5. The van der Waals surface area contributed by atoms with E-state index in [0.29, 0.717) is 0 Å². The first-order valence-corrected chi connectivity index (χ1v) is 25.6. The molecule has 0 aliphatic carbocycles. The number of methoxy groups -OCH3 is 2. The van der Waals surface area contributed by atoms with Crippen LogP contribution in [0.3, 0.4) is 0 Å². The third kappa shape index (κ3) is 31.5. The zero-order valence-electron chi connectivity index (χ0n) is 41.6. The Morgan fingerprint density at radius 1 is 0.549 bits per heavy atom. The molecule has 401 valence electrons. The smallest absolute Gasteiger partial charge is 0.223 e. The maximum Gasteiger partial charge on any atom is 0.223 e. The van der Waals surface area contributed by atoms with Crippen molar-refractivity contribution < 1.29 is 94.5 Å². The van der Waals surface area contributed by atoms with Crippen LogP contribution in [0.4, 0.5) is 0 Å². The summed E-state index contributed by atoms with van der Waals surface area (Å²) in [5, 5.41) is 19.5. The van der Waals surface area contributed by atoms with Gasteiger partial charge >= 0.3 is 144 Å². The molecule has 2 unspecified atom stereocenters. The van der Waals surface area contributed by atoms with Crippen molar-refractivity contribution in [2.45, 2.75) is 141 Å². The van der Waals surface area contributed by atoms with Crippen LogP contribution in [0.15, 0.2) is 0 Å². The Morgan fingerprint density at radius 3 is 1.62 bits per heavy atom. The summed E-state index contributed by atoms with van der Waals surface area (Å²) >= 11 is -1.81. The zero-order chi connectivity index (χ0) is 53.0. The fourth-order valence-electron chi connectivity index (χ4n) is 6.60. The molecule has 1 saturated heterocycles. The first-order chi connectivity index (χ1) is 33.9. The van der Waals surface area contributed by atoms with Crippen LogP contribution in [-0.4, -0.2) is 202 Å². The topological polar surface area (TPSA) is 333 Å². The van der Waals surface area contributed by atoms with Gasteiger partial charge in [0.15, 0.2) is 6.29 Å². The number of nitrogens with zero attached hydrogens (tertiary/aromatic N) is 1. The van der Waals surface area contributed by atoms with E-state index in [0.717, 1.165) is 3.61 Å². The molecule has 71 heavy (non-hydrogen) atoms. The number of Topliss-reactive ketones (excluding diaryl/α,β-unsaturated/α-hetero) is 4. The maximum atomic E-state index is 12.8. The van der Waals surface area contributed by atoms with Gasteiger partial charge in [-0.25, -0.2) is 0 Å². The van der Waals surface area contributed by atoms with Gasteiger partial charge in [-0.1, -0.05) is 0 Å². The number of rotatable bonds is 42. The number of ketones is 4. The summed E-state index contributed by atoms with van der Waals surface area (Å²) in [6.45, 7) is 3.15. The quantitative estimate of drug-likeness (QED) is 0.0289. The van der Waals surface area contributed by atoms with E-state index in [4.69, 9.17) is 41.8 Å². The molecule has 25 nitrogen and oxygen atoms in total. The second kappa shape index (κ2) is 39.1. The van der Waals surface area contributed by atoms with Crippen LogP contribution in [0.25, 0.3) is 0 Å². The van der Waals surface area contributed by atoms with Crippen molar-refractivity contribution in [2.75, 3.05) is 80.3 Å². The monoisotopic (exact) mass is 1070 g/mol. The molecule has 1 heterocycles. The molecular formula is C45H73GaN5O20. The molecule has 1 fully saturated rings. The summed E-state index contributed by atoms with van der Waals surface area (Å²) in [6, 6.07) is -1.13. The minimum Gasteiger partial charge on any atom is -0.372 e. The SMILES string of the molecule is COCCC(=O)CCNC(=O)CCO[C@@H]1C(NC(C)=O)[C@H](OCCC(=O)CCCC(=O)O)OC(COCCC(=O)CCCC(=O)CC[O][Ga][N](C(C)=O)C(C)=O)[C@@H]1OCCC(=O)NCCC(=O)NCOC. The Hall–Kier alpha value is -4.51. The number of aliphatic carboxylic acids is 1. The van der Waals surface area contributed by atoms with Gasteiger partial charge in [0, 0.05) is 85.6 Å². The van der Waals surface area contributed by atoms with Crippen molar-refractivity contribution >= 4 is 82.6 Å². The molecule has 0 aromatic carbocycles. The minimum absolute atomic E-state index is 0.00460. The number of carboxylic acid groups (broad SMARTS) is 1. The second-order valence-corrected chi connectivity index (χ2v) is 18.5. The predicted octanol–water partition coefficient (Wildman–Crippen LogP) is -0.613. The van der Waals surface area contributed by atoms with Gasteiger partial charge in [0.05, 0.1) is 26.4 Å². The van der Waals surface area contributed by atoms with Crippen molar-refractivity contribution in [3.63, 3.8) is 0 Å². The van der Waals surface area contributed by atoms with E-state index in [9.17, 15) is 52.7 Å². The molecule has 0 bridgehead atoms. The average Bonchev–Trinajstić information content (AvgIpc) is 3.29. The number of carbonyl (C=O) groups excluding carboxylic acids is 10. The number of nitrogens with one attached hydrogen (secondary N) is 4. The molecular weight excluding hydrogens is 1000 g/mol. The number of hydrogen-bond donors (Lipinski definition) is 5. The van der Waals surface area contributed by atoms with Crippen LogP contribution in [0.1, 0.15) is 111 Å². The number of hydrogen-bond acceptors (Lipinski definition) is 19. The van der Waals surface area contributed by atoms with E-state index in [1.807, 2.05) is 0 Å². The molecule has 1 aliphatic rings. The summed E-state index contributed by atoms with van der Waals surface area (Å²) in [6.07, 6.45) is -4.48.